The number of carbonyl (C=O) groups excluding carboxylic acids is 2. The summed E-state index contributed by atoms with van der Waals surface area (Å²) in [5.41, 5.74) is 1.32. The van der Waals surface area contributed by atoms with E-state index in [-0.39, 0.29) is 12.0 Å². The van der Waals surface area contributed by atoms with Crippen molar-refractivity contribution in [2.45, 2.75) is 136 Å². The molecule has 1 aromatic carbocycles. The molecular weight excluding hydrogens is 550 g/mol. The van der Waals surface area contributed by atoms with E-state index < -0.39 is 23.8 Å². The second-order valence-electron chi connectivity index (χ2n) is 16.0. The van der Waals surface area contributed by atoms with Gasteiger partial charge in [0.25, 0.3) is 5.91 Å². The lowest BCUT2D eigenvalue weighted by Gasteiger charge is -2.54. The van der Waals surface area contributed by atoms with Gasteiger partial charge in [-0.3, -0.25) is 9.59 Å². The molecule has 44 heavy (non-hydrogen) atoms. The number of hydrogen-bond donors (Lipinski definition) is 2. The predicted molar refractivity (Wildman–Crippen MR) is 171 cm³/mol. The summed E-state index contributed by atoms with van der Waals surface area (Å²) in [6, 6.07) is 9.83. The normalized spacial score (nSPS) is 45.5. The molecule has 1 aliphatic heterocycles. The molecule has 1 saturated heterocycles. The van der Waals surface area contributed by atoms with Crippen molar-refractivity contribution in [2.75, 3.05) is 0 Å². The average Bonchev–Trinajstić information content (AvgIpc) is 3.67. The van der Waals surface area contributed by atoms with Crippen LogP contribution < -0.4 is 5.32 Å². The topological polar surface area (TPSA) is 84.9 Å². The molecule has 6 nitrogen and oxygen atoms in total. The van der Waals surface area contributed by atoms with E-state index in [2.05, 4.69) is 39.9 Å². The van der Waals surface area contributed by atoms with E-state index >= 15 is 0 Å². The first-order valence-electron chi connectivity index (χ1n) is 17.8. The molecule has 7 unspecified atom stereocenters. The molecule has 2 spiro atoms. The molecule has 4 aliphatic carbocycles. The molecule has 1 heterocycles. The summed E-state index contributed by atoms with van der Waals surface area (Å²) in [6.07, 6.45) is 9.71. The Morgan fingerprint density at radius 3 is 2.36 bits per heavy atom. The van der Waals surface area contributed by atoms with Gasteiger partial charge in [0.15, 0.2) is 0 Å². The van der Waals surface area contributed by atoms with Crippen LogP contribution in [-0.4, -0.2) is 40.9 Å². The zero-order valence-corrected chi connectivity index (χ0v) is 28.0. The van der Waals surface area contributed by atoms with Crippen LogP contribution in [-0.2, 0) is 25.6 Å². The molecule has 0 bridgehead atoms. The Morgan fingerprint density at radius 1 is 0.955 bits per heavy atom. The van der Waals surface area contributed by atoms with Crippen molar-refractivity contribution in [1.82, 2.24) is 5.32 Å². The SMILES string of the molecule is CC[C@@]1(O)CC[C@]23CC24CC[C@H](C)C2C(C[C@@H](C)C4CCC3[C@@H]1C)OC(C(OC(C)=O)C(=O)NCc1ccccc1)C[C@H]2C. The summed E-state index contributed by atoms with van der Waals surface area (Å²) < 4.78 is 12.7. The van der Waals surface area contributed by atoms with Gasteiger partial charge >= 0.3 is 5.97 Å². The number of amides is 1. The summed E-state index contributed by atoms with van der Waals surface area (Å²) in [4.78, 5) is 25.7. The first kappa shape index (κ1) is 32.0. The van der Waals surface area contributed by atoms with Crippen molar-refractivity contribution in [3.05, 3.63) is 35.9 Å². The Morgan fingerprint density at radius 2 is 1.66 bits per heavy atom. The smallest absolute Gasteiger partial charge is 0.303 e. The van der Waals surface area contributed by atoms with Crippen LogP contribution in [0.3, 0.4) is 0 Å². The maximum absolute atomic E-state index is 13.5. The number of benzene rings is 1. The second kappa shape index (κ2) is 12.0. The van der Waals surface area contributed by atoms with Crippen molar-refractivity contribution in [3.8, 4) is 0 Å². The van der Waals surface area contributed by atoms with Gasteiger partial charge in [-0.05, 0) is 122 Å². The van der Waals surface area contributed by atoms with E-state index in [1.165, 1.54) is 45.4 Å². The third-order valence-electron chi connectivity index (χ3n) is 14.0. The number of ether oxygens (including phenoxy) is 2. The van der Waals surface area contributed by atoms with Crippen molar-refractivity contribution in [2.24, 2.45) is 52.3 Å². The number of esters is 1. The predicted octanol–water partition coefficient (Wildman–Crippen LogP) is 7.07. The van der Waals surface area contributed by atoms with E-state index in [4.69, 9.17) is 9.47 Å². The Balaban J connectivity index is 1.21. The Bertz CT molecular complexity index is 1200. The highest BCUT2D eigenvalue weighted by molar-refractivity contribution is 5.84. The fourth-order valence-corrected chi connectivity index (χ4v) is 11.7. The van der Waals surface area contributed by atoms with Crippen LogP contribution in [0.2, 0.25) is 0 Å². The first-order valence-corrected chi connectivity index (χ1v) is 17.8. The lowest BCUT2D eigenvalue weighted by atomic mass is 9.52. The molecular formula is C38H57NO5. The number of carbonyl (C=O) groups is 2. The molecule has 5 aliphatic rings. The van der Waals surface area contributed by atoms with Crippen molar-refractivity contribution < 1.29 is 24.2 Å². The maximum Gasteiger partial charge on any atom is 0.303 e. The fraction of sp³-hybridized carbons (Fsp3) is 0.789. The Labute approximate surface area is 265 Å². The Kier molecular flexibility index (Phi) is 8.76. The Hall–Kier alpha value is -1.92. The van der Waals surface area contributed by atoms with Crippen molar-refractivity contribution >= 4 is 11.9 Å². The van der Waals surface area contributed by atoms with Gasteiger partial charge in [0.2, 0.25) is 6.10 Å². The summed E-state index contributed by atoms with van der Waals surface area (Å²) in [5.74, 6) is 2.82. The van der Waals surface area contributed by atoms with Gasteiger partial charge in [-0.1, -0.05) is 65.0 Å². The van der Waals surface area contributed by atoms with Crippen LogP contribution in [0, 0.1) is 52.3 Å². The first-order chi connectivity index (χ1) is 20.9. The number of fused-ring (bicyclic) bond motifs is 1. The summed E-state index contributed by atoms with van der Waals surface area (Å²) >= 11 is 0. The van der Waals surface area contributed by atoms with Gasteiger partial charge in [0.05, 0.1) is 11.7 Å². The molecule has 244 valence electrons. The quantitative estimate of drug-likeness (QED) is 0.338. The van der Waals surface area contributed by atoms with Crippen molar-refractivity contribution in [3.63, 3.8) is 0 Å². The summed E-state index contributed by atoms with van der Waals surface area (Å²) in [6.45, 7) is 13.5. The number of nitrogens with one attached hydrogen (secondary N) is 1. The van der Waals surface area contributed by atoms with Gasteiger partial charge in [-0.2, -0.15) is 0 Å². The molecule has 6 rings (SSSR count). The standard InChI is InChI=1S/C38H57NO5/c1-7-38(42)18-17-37-22-36(37)16-15-23(2)33-25(4)20-32(44-31(33)19-24(3)29(36)13-14-30(37)26(38)5)34(43-27(6)40)35(41)39-21-28-11-9-8-10-12-28/h8-12,23-26,29-34,42H,7,13-22H2,1-6H3,(H,39,41)/t23-,24+,25+,26-,29?,30?,31?,32?,33?,34?,36?,37+,38+/m0/s1. The zero-order chi connectivity index (χ0) is 31.4. The summed E-state index contributed by atoms with van der Waals surface area (Å²) in [5, 5.41) is 14.5. The highest BCUT2D eigenvalue weighted by atomic mass is 16.6. The molecule has 5 fully saturated rings. The molecule has 0 radical (unpaired) electrons. The third-order valence-corrected chi connectivity index (χ3v) is 14.0. The molecule has 1 amide bonds. The minimum absolute atomic E-state index is 0.0479. The average molecular weight is 608 g/mol. The van der Waals surface area contributed by atoms with Gasteiger partial charge in [0, 0.05) is 13.5 Å². The third kappa shape index (κ3) is 5.34. The highest BCUT2D eigenvalue weighted by Gasteiger charge is 2.77. The van der Waals surface area contributed by atoms with Crippen LogP contribution >= 0.6 is 0 Å². The molecule has 0 aromatic heterocycles. The van der Waals surface area contributed by atoms with Gasteiger partial charge in [0.1, 0.15) is 6.10 Å². The highest BCUT2D eigenvalue weighted by Crippen LogP contribution is 2.83. The maximum atomic E-state index is 13.5. The van der Waals surface area contributed by atoms with Crippen LogP contribution in [0.1, 0.15) is 111 Å². The molecule has 2 N–H and O–H groups in total. The van der Waals surface area contributed by atoms with Crippen LogP contribution in [0.25, 0.3) is 0 Å². The monoisotopic (exact) mass is 607 g/mol. The number of aliphatic hydroxyl groups is 1. The van der Waals surface area contributed by atoms with E-state index in [9.17, 15) is 14.7 Å². The molecule has 13 atom stereocenters. The zero-order valence-electron chi connectivity index (χ0n) is 28.0. The van der Waals surface area contributed by atoms with Crippen molar-refractivity contribution in [1.29, 1.82) is 0 Å². The number of hydrogen-bond acceptors (Lipinski definition) is 5. The molecule has 6 heteroatoms. The van der Waals surface area contributed by atoms with Gasteiger partial charge < -0.3 is 19.9 Å². The van der Waals surface area contributed by atoms with Crippen LogP contribution in [0.5, 0.6) is 0 Å². The van der Waals surface area contributed by atoms with E-state index in [1.807, 2.05) is 30.3 Å². The largest absolute Gasteiger partial charge is 0.450 e. The fourth-order valence-electron chi connectivity index (χ4n) is 11.7. The second-order valence-corrected chi connectivity index (χ2v) is 16.0. The van der Waals surface area contributed by atoms with E-state index in [0.717, 1.165) is 24.8 Å². The minimum Gasteiger partial charge on any atom is -0.450 e. The molecule has 4 saturated carbocycles. The van der Waals surface area contributed by atoms with E-state index in [0.29, 0.717) is 65.2 Å². The van der Waals surface area contributed by atoms with Crippen LogP contribution in [0.15, 0.2) is 30.3 Å². The van der Waals surface area contributed by atoms with Gasteiger partial charge in [-0.15, -0.1) is 0 Å². The molecule has 1 aromatic rings. The lowest BCUT2D eigenvalue weighted by Crippen LogP contribution is -2.53. The van der Waals surface area contributed by atoms with Gasteiger partial charge in [-0.25, -0.2) is 0 Å². The number of rotatable bonds is 6. The van der Waals surface area contributed by atoms with E-state index in [1.54, 1.807) is 0 Å². The summed E-state index contributed by atoms with van der Waals surface area (Å²) in [7, 11) is 0. The minimum atomic E-state index is -0.952. The lowest BCUT2D eigenvalue weighted by molar-refractivity contribution is -0.188. The van der Waals surface area contributed by atoms with Crippen LogP contribution in [0.4, 0.5) is 0 Å².